The molecule has 1 aromatic carbocycles. The monoisotopic (exact) mass is 266 g/mol. The van der Waals surface area contributed by atoms with Gasteiger partial charge in [-0.15, -0.1) is 11.8 Å². The number of nitro groups is 1. The van der Waals surface area contributed by atoms with E-state index in [1.54, 1.807) is 17.8 Å². The maximum Gasteiger partial charge on any atom is 0.272 e. The zero-order valence-corrected chi connectivity index (χ0v) is 11.3. The molecule has 0 aromatic heterocycles. The Kier molecular flexibility index (Phi) is 4.11. The molecule has 2 atom stereocenters. The number of benzene rings is 1. The first kappa shape index (κ1) is 13.2. The lowest BCUT2D eigenvalue weighted by atomic mass is 9.91. The number of hydrogen-bond donors (Lipinski definition) is 1. The van der Waals surface area contributed by atoms with Gasteiger partial charge in [0.2, 0.25) is 0 Å². The molecule has 5 heteroatoms. The summed E-state index contributed by atoms with van der Waals surface area (Å²) in [6.07, 6.45) is 4.93. The maximum absolute atomic E-state index is 10.8. The Morgan fingerprint density at radius 1 is 1.39 bits per heavy atom. The highest BCUT2D eigenvalue weighted by molar-refractivity contribution is 8.00. The van der Waals surface area contributed by atoms with Crippen LogP contribution in [0.5, 0.6) is 0 Å². The summed E-state index contributed by atoms with van der Waals surface area (Å²) < 4.78 is 0. The molecule has 0 aliphatic heterocycles. The van der Waals surface area contributed by atoms with E-state index < -0.39 is 0 Å². The van der Waals surface area contributed by atoms with Crippen LogP contribution in [0.15, 0.2) is 23.1 Å². The standard InChI is InChI=1S/C13H18N2O2S/c1-9-3-2-4-12(5-9)18-13-7-10(14)6-11(8-13)15(16)17/h6-9,12H,2-5,14H2,1H3. The zero-order chi connectivity index (χ0) is 13.1. The predicted octanol–water partition coefficient (Wildman–Crippen LogP) is 3.85. The molecule has 0 radical (unpaired) electrons. The van der Waals surface area contributed by atoms with Gasteiger partial charge in [0.15, 0.2) is 0 Å². The maximum atomic E-state index is 10.8. The summed E-state index contributed by atoms with van der Waals surface area (Å²) >= 11 is 1.73. The molecule has 2 unspecified atom stereocenters. The Balaban J connectivity index is 2.10. The van der Waals surface area contributed by atoms with Crippen molar-refractivity contribution in [2.24, 2.45) is 5.92 Å². The highest BCUT2D eigenvalue weighted by Gasteiger charge is 2.20. The van der Waals surface area contributed by atoms with Crippen molar-refractivity contribution >= 4 is 23.1 Å². The van der Waals surface area contributed by atoms with Crippen LogP contribution in [-0.2, 0) is 0 Å². The fourth-order valence-electron chi connectivity index (χ4n) is 2.46. The summed E-state index contributed by atoms with van der Waals surface area (Å²) in [6.45, 7) is 2.27. The first-order valence-electron chi connectivity index (χ1n) is 6.26. The zero-order valence-electron chi connectivity index (χ0n) is 10.5. The second-order valence-corrected chi connectivity index (χ2v) is 6.40. The van der Waals surface area contributed by atoms with E-state index in [-0.39, 0.29) is 10.6 Å². The van der Waals surface area contributed by atoms with Crippen LogP contribution in [0.25, 0.3) is 0 Å². The molecule has 0 bridgehead atoms. The summed E-state index contributed by atoms with van der Waals surface area (Å²) in [5, 5.41) is 11.4. The first-order chi connectivity index (χ1) is 8.54. The largest absolute Gasteiger partial charge is 0.398 e. The Bertz CT molecular complexity index is 451. The van der Waals surface area contributed by atoms with Crippen LogP contribution in [0, 0.1) is 16.0 Å². The molecule has 1 aromatic rings. The van der Waals surface area contributed by atoms with Crippen molar-refractivity contribution in [3.8, 4) is 0 Å². The highest BCUT2D eigenvalue weighted by atomic mass is 32.2. The minimum atomic E-state index is -0.385. The summed E-state index contributed by atoms with van der Waals surface area (Å²) in [5.74, 6) is 0.757. The third-order valence-corrected chi connectivity index (χ3v) is 4.58. The van der Waals surface area contributed by atoms with Crippen LogP contribution in [-0.4, -0.2) is 10.2 Å². The summed E-state index contributed by atoms with van der Waals surface area (Å²) in [5.41, 5.74) is 6.26. The number of non-ortho nitro benzene ring substituents is 1. The molecule has 1 saturated carbocycles. The fourth-order valence-corrected chi connectivity index (χ4v) is 3.94. The number of hydrogen-bond acceptors (Lipinski definition) is 4. The van der Waals surface area contributed by atoms with Crippen molar-refractivity contribution in [1.82, 2.24) is 0 Å². The normalized spacial score (nSPS) is 23.8. The van der Waals surface area contributed by atoms with Gasteiger partial charge >= 0.3 is 0 Å². The van der Waals surface area contributed by atoms with Crippen molar-refractivity contribution < 1.29 is 4.92 Å². The third kappa shape index (κ3) is 3.38. The fraction of sp³-hybridized carbons (Fsp3) is 0.538. The molecule has 98 valence electrons. The van der Waals surface area contributed by atoms with E-state index in [2.05, 4.69) is 6.92 Å². The van der Waals surface area contributed by atoms with Crippen molar-refractivity contribution in [2.45, 2.75) is 42.8 Å². The van der Waals surface area contributed by atoms with E-state index in [4.69, 9.17) is 5.73 Å². The van der Waals surface area contributed by atoms with Gasteiger partial charge in [-0.05, 0) is 24.8 Å². The van der Waals surface area contributed by atoms with Gasteiger partial charge in [0.25, 0.3) is 5.69 Å². The van der Waals surface area contributed by atoms with Gasteiger partial charge in [-0.1, -0.05) is 19.8 Å². The molecule has 1 fully saturated rings. The van der Waals surface area contributed by atoms with Gasteiger partial charge in [-0.3, -0.25) is 10.1 Å². The molecule has 0 spiro atoms. The van der Waals surface area contributed by atoms with Gasteiger partial charge in [0, 0.05) is 28.0 Å². The van der Waals surface area contributed by atoms with Crippen molar-refractivity contribution in [3.63, 3.8) is 0 Å². The van der Waals surface area contributed by atoms with Crippen LogP contribution in [0.4, 0.5) is 11.4 Å². The molecular formula is C13H18N2O2S. The van der Waals surface area contributed by atoms with Crippen molar-refractivity contribution in [3.05, 3.63) is 28.3 Å². The smallest absolute Gasteiger partial charge is 0.272 e. The van der Waals surface area contributed by atoms with Gasteiger partial charge in [0.1, 0.15) is 0 Å². The van der Waals surface area contributed by atoms with Crippen LogP contribution >= 0.6 is 11.8 Å². The molecule has 18 heavy (non-hydrogen) atoms. The topological polar surface area (TPSA) is 69.2 Å². The summed E-state index contributed by atoms with van der Waals surface area (Å²) in [6, 6.07) is 4.87. The van der Waals surface area contributed by atoms with E-state index in [1.165, 1.54) is 31.7 Å². The van der Waals surface area contributed by atoms with Crippen LogP contribution < -0.4 is 5.73 Å². The van der Waals surface area contributed by atoms with Crippen LogP contribution in [0.2, 0.25) is 0 Å². The number of nitrogens with zero attached hydrogens (tertiary/aromatic N) is 1. The second-order valence-electron chi connectivity index (χ2n) is 5.03. The Morgan fingerprint density at radius 3 is 2.83 bits per heavy atom. The molecule has 0 amide bonds. The molecule has 1 aliphatic rings. The minimum absolute atomic E-state index is 0.0846. The molecule has 0 saturated heterocycles. The van der Waals surface area contributed by atoms with Gasteiger partial charge in [0.05, 0.1) is 4.92 Å². The van der Waals surface area contributed by atoms with Gasteiger partial charge in [-0.2, -0.15) is 0 Å². The molecule has 0 heterocycles. The second kappa shape index (κ2) is 5.61. The van der Waals surface area contributed by atoms with Crippen LogP contribution in [0.3, 0.4) is 0 Å². The van der Waals surface area contributed by atoms with E-state index in [0.717, 1.165) is 10.8 Å². The molecule has 4 nitrogen and oxygen atoms in total. The lowest BCUT2D eigenvalue weighted by Crippen LogP contribution is -2.14. The Labute approximate surface area is 111 Å². The predicted molar refractivity (Wildman–Crippen MR) is 74.8 cm³/mol. The average Bonchev–Trinajstić information content (AvgIpc) is 2.28. The third-order valence-electron chi connectivity index (χ3n) is 3.32. The molecule has 2 rings (SSSR count). The first-order valence-corrected chi connectivity index (χ1v) is 7.14. The number of rotatable bonds is 3. The number of nitrogen functional groups attached to an aromatic ring is 1. The van der Waals surface area contributed by atoms with E-state index in [0.29, 0.717) is 10.9 Å². The minimum Gasteiger partial charge on any atom is -0.398 e. The number of thioether (sulfide) groups is 1. The Hall–Kier alpha value is -1.23. The lowest BCUT2D eigenvalue weighted by molar-refractivity contribution is -0.385. The highest BCUT2D eigenvalue weighted by Crippen LogP contribution is 2.37. The van der Waals surface area contributed by atoms with E-state index in [1.807, 2.05) is 6.07 Å². The SMILES string of the molecule is CC1CCCC(Sc2cc(N)cc([N+](=O)[O-])c2)C1. The molecular weight excluding hydrogens is 248 g/mol. The van der Waals surface area contributed by atoms with Gasteiger partial charge < -0.3 is 5.73 Å². The van der Waals surface area contributed by atoms with Crippen molar-refractivity contribution in [1.29, 1.82) is 0 Å². The summed E-state index contributed by atoms with van der Waals surface area (Å²) in [7, 11) is 0. The van der Waals surface area contributed by atoms with E-state index in [9.17, 15) is 10.1 Å². The van der Waals surface area contributed by atoms with E-state index >= 15 is 0 Å². The summed E-state index contributed by atoms with van der Waals surface area (Å²) in [4.78, 5) is 11.3. The van der Waals surface area contributed by atoms with Crippen molar-refractivity contribution in [2.75, 3.05) is 5.73 Å². The Morgan fingerprint density at radius 2 is 2.17 bits per heavy atom. The number of nitrogens with two attached hydrogens (primary N) is 1. The quantitative estimate of drug-likeness (QED) is 0.512. The van der Waals surface area contributed by atoms with Gasteiger partial charge in [-0.25, -0.2) is 0 Å². The molecule has 1 aliphatic carbocycles. The lowest BCUT2D eigenvalue weighted by Gasteiger charge is -2.26. The number of anilines is 1. The van der Waals surface area contributed by atoms with Crippen LogP contribution in [0.1, 0.15) is 32.6 Å². The molecule has 2 N–H and O–H groups in total. The average molecular weight is 266 g/mol. The number of nitro benzene ring substituents is 1.